The number of benzene rings is 2. The molecule has 1 fully saturated rings. The van der Waals surface area contributed by atoms with Crippen molar-refractivity contribution in [1.82, 2.24) is 18.7 Å². The molecule has 0 saturated carbocycles. The number of nitrogens with zero attached hydrogens (tertiary/aromatic N) is 4. The number of para-hydroxylation sites is 1. The zero-order valence-corrected chi connectivity index (χ0v) is 16.4. The molecule has 0 atom stereocenters. The van der Waals surface area contributed by atoms with E-state index < -0.39 is 10.0 Å². The molecule has 0 bridgehead atoms. The van der Waals surface area contributed by atoms with E-state index in [1.54, 1.807) is 41.9 Å². The highest BCUT2D eigenvalue weighted by molar-refractivity contribution is 7.89. The van der Waals surface area contributed by atoms with Crippen molar-refractivity contribution < 1.29 is 8.42 Å². The summed E-state index contributed by atoms with van der Waals surface area (Å²) in [6, 6.07) is 17.9. The third-order valence-electron chi connectivity index (χ3n) is 5.16. The maximum atomic E-state index is 12.8. The molecular weight excluding hydrogens is 376 g/mol. The summed E-state index contributed by atoms with van der Waals surface area (Å²) in [6.45, 7) is 0.808. The van der Waals surface area contributed by atoms with E-state index >= 15 is 0 Å². The number of aryl methyl sites for hydroxylation is 1. The van der Waals surface area contributed by atoms with Gasteiger partial charge in [-0.2, -0.15) is 9.40 Å². The van der Waals surface area contributed by atoms with Gasteiger partial charge < -0.3 is 0 Å². The van der Waals surface area contributed by atoms with Crippen LogP contribution in [0.2, 0.25) is 0 Å². The summed E-state index contributed by atoms with van der Waals surface area (Å²) in [5, 5.41) is 4.45. The van der Waals surface area contributed by atoms with E-state index in [4.69, 9.17) is 0 Å². The lowest BCUT2D eigenvalue weighted by molar-refractivity contribution is 0.311. The van der Waals surface area contributed by atoms with E-state index in [1.807, 2.05) is 30.3 Å². The summed E-state index contributed by atoms with van der Waals surface area (Å²) >= 11 is 0. The summed E-state index contributed by atoms with van der Waals surface area (Å²) in [6.07, 6.45) is 1.24. The average Bonchev–Trinajstić information content (AvgIpc) is 3.04. The molecular formula is C20H22N4O3S. The molecule has 8 heteroatoms. The van der Waals surface area contributed by atoms with Crippen molar-refractivity contribution in [2.75, 3.05) is 13.1 Å². The summed E-state index contributed by atoms with van der Waals surface area (Å²) in [5.74, 6) is 0.715. The summed E-state index contributed by atoms with van der Waals surface area (Å²) in [7, 11) is -1.85. The molecule has 0 unspecified atom stereocenters. The summed E-state index contributed by atoms with van der Waals surface area (Å²) in [5.41, 5.74) is 0.579. The number of aromatic nitrogens is 3. The molecule has 0 N–H and O–H groups in total. The highest BCUT2D eigenvalue weighted by Gasteiger charge is 2.32. The van der Waals surface area contributed by atoms with Gasteiger partial charge in [-0.15, -0.1) is 0 Å². The van der Waals surface area contributed by atoms with Crippen LogP contribution in [-0.2, 0) is 17.1 Å². The Kier molecular flexibility index (Phi) is 4.91. The van der Waals surface area contributed by atoms with Gasteiger partial charge in [0, 0.05) is 26.1 Å². The third kappa shape index (κ3) is 3.29. The Balaban J connectivity index is 1.59. The first-order chi connectivity index (χ1) is 13.5. The molecule has 3 aromatic rings. The molecule has 2 heterocycles. The van der Waals surface area contributed by atoms with E-state index in [0.717, 1.165) is 5.69 Å². The van der Waals surface area contributed by atoms with Crippen LogP contribution in [0.1, 0.15) is 24.6 Å². The monoisotopic (exact) mass is 398 g/mol. The number of hydrogen-bond acceptors (Lipinski definition) is 4. The van der Waals surface area contributed by atoms with Crippen LogP contribution >= 0.6 is 0 Å². The Bertz CT molecular complexity index is 1110. The van der Waals surface area contributed by atoms with Crippen molar-refractivity contribution in [3.63, 3.8) is 0 Å². The predicted molar refractivity (Wildman–Crippen MR) is 106 cm³/mol. The molecule has 1 aromatic heterocycles. The zero-order valence-electron chi connectivity index (χ0n) is 15.6. The predicted octanol–water partition coefficient (Wildman–Crippen LogP) is 2.14. The number of hydrogen-bond donors (Lipinski definition) is 0. The Morgan fingerprint density at radius 2 is 1.50 bits per heavy atom. The third-order valence-corrected chi connectivity index (χ3v) is 7.08. The van der Waals surface area contributed by atoms with Gasteiger partial charge in [-0.05, 0) is 37.1 Å². The largest absolute Gasteiger partial charge is 0.350 e. The van der Waals surface area contributed by atoms with Crippen molar-refractivity contribution in [1.29, 1.82) is 0 Å². The van der Waals surface area contributed by atoms with E-state index in [-0.39, 0.29) is 11.6 Å². The Labute approximate surface area is 163 Å². The number of rotatable bonds is 4. The van der Waals surface area contributed by atoms with Crippen LogP contribution in [0.3, 0.4) is 0 Å². The van der Waals surface area contributed by atoms with Crippen LogP contribution in [0.4, 0.5) is 0 Å². The lowest BCUT2D eigenvalue weighted by Gasteiger charge is -2.30. The van der Waals surface area contributed by atoms with Gasteiger partial charge in [-0.25, -0.2) is 22.5 Å². The SMILES string of the molecule is Cn1nc(C2CCN(S(=O)(=O)c3ccccc3)CC2)n(-c2ccccc2)c1=O. The van der Waals surface area contributed by atoms with Gasteiger partial charge >= 0.3 is 5.69 Å². The fourth-order valence-electron chi connectivity index (χ4n) is 3.66. The minimum Gasteiger partial charge on any atom is -0.247 e. The van der Waals surface area contributed by atoms with Gasteiger partial charge in [0.2, 0.25) is 10.0 Å². The second-order valence-corrected chi connectivity index (χ2v) is 8.86. The second-order valence-electron chi connectivity index (χ2n) is 6.93. The van der Waals surface area contributed by atoms with Gasteiger partial charge in [0.25, 0.3) is 0 Å². The minimum atomic E-state index is -3.49. The van der Waals surface area contributed by atoms with Gasteiger partial charge in [-0.3, -0.25) is 0 Å². The van der Waals surface area contributed by atoms with Crippen LogP contribution in [-0.4, -0.2) is 40.2 Å². The first-order valence-electron chi connectivity index (χ1n) is 9.25. The van der Waals surface area contributed by atoms with Crippen LogP contribution in [0, 0.1) is 0 Å². The van der Waals surface area contributed by atoms with E-state index in [2.05, 4.69) is 5.10 Å². The van der Waals surface area contributed by atoms with Gasteiger partial charge in [0.1, 0.15) is 5.82 Å². The van der Waals surface area contributed by atoms with Crippen molar-refractivity contribution in [2.24, 2.45) is 7.05 Å². The van der Waals surface area contributed by atoms with Crippen molar-refractivity contribution in [3.05, 3.63) is 77.0 Å². The van der Waals surface area contributed by atoms with E-state index in [9.17, 15) is 13.2 Å². The Morgan fingerprint density at radius 3 is 2.11 bits per heavy atom. The minimum absolute atomic E-state index is 0.0244. The van der Waals surface area contributed by atoms with E-state index in [0.29, 0.717) is 36.7 Å². The molecule has 0 radical (unpaired) electrons. The van der Waals surface area contributed by atoms with Crippen molar-refractivity contribution in [2.45, 2.75) is 23.7 Å². The van der Waals surface area contributed by atoms with Crippen LogP contribution in [0.15, 0.2) is 70.4 Å². The van der Waals surface area contributed by atoms with Crippen LogP contribution in [0.5, 0.6) is 0 Å². The normalized spacial score (nSPS) is 16.3. The topological polar surface area (TPSA) is 77.2 Å². The molecule has 1 aliphatic rings. The maximum Gasteiger partial charge on any atom is 0.350 e. The standard InChI is InChI=1S/C20H22N4O3S/c1-22-20(25)24(17-8-4-2-5-9-17)19(21-22)16-12-14-23(15-13-16)28(26,27)18-10-6-3-7-11-18/h2-11,16H,12-15H2,1H3. The number of sulfonamides is 1. The maximum absolute atomic E-state index is 12.8. The van der Waals surface area contributed by atoms with Gasteiger partial charge in [0.15, 0.2) is 0 Å². The Hall–Kier alpha value is -2.71. The van der Waals surface area contributed by atoms with Crippen molar-refractivity contribution in [3.8, 4) is 5.69 Å². The molecule has 0 aliphatic carbocycles. The summed E-state index contributed by atoms with van der Waals surface area (Å²) < 4.78 is 30.2. The molecule has 146 valence electrons. The molecule has 28 heavy (non-hydrogen) atoms. The molecule has 2 aromatic carbocycles. The molecule has 7 nitrogen and oxygen atoms in total. The fraction of sp³-hybridized carbons (Fsp3) is 0.300. The Morgan fingerprint density at radius 1 is 0.929 bits per heavy atom. The lowest BCUT2D eigenvalue weighted by Crippen LogP contribution is -2.38. The molecule has 0 spiro atoms. The molecule has 4 rings (SSSR count). The van der Waals surface area contributed by atoms with Crippen molar-refractivity contribution >= 4 is 10.0 Å². The molecule has 1 saturated heterocycles. The molecule has 1 aliphatic heterocycles. The quantitative estimate of drug-likeness (QED) is 0.675. The number of piperidine rings is 1. The molecule has 0 amide bonds. The van der Waals surface area contributed by atoms with Gasteiger partial charge in [-0.1, -0.05) is 36.4 Å². The fourth-order valence-corrected chi connectivity index (χ4v) is 5.15. The smallest absolute Gasteiger partial charge is 0.247 e. The highest BCUT2D eigenvalue weighted by atomic mass is 32.2. The first-order valence-corrected chi connectivity index (χ1v) is 10.7. The van der Waals surface area contributed by atoms with Gasteiger partial charge in [0.05, 0.1) is 10.6 Å². The van der Waals surface area contributed by atoms with Crippen LogP contribution in [0.25, 0.3) is 5.69 Å². The highest BCUT2D eigenvalue weighted by Crippen LogP contribution is 2.30. The summed E-state index contributed by atoms with van der Waals surface area (Å²) in [4.78, 5) is 12.9. The lowest BCUT2D eigenvalue weighted by atomic mass is 9.97. The average molecular weight is 398 g/mol. The van der Waals surface area contributed by atoms with E-state index in [1.165, 1.54) is 8.99 Å². The first kappa shape index (κ1) is 18.6. The second kappa shape index (κ2) is 7.37. The van der Waals surface area contributed by atoms with Crippen LogP contribution < -0.4 is 5.69 Å². The zero-order chi connectivity index (χ0) is 19.7.